The molecule has 0 unspecified atom stereocenters. The van der Waals surface area contributed by atoms with Crippen molar-refractivity contribution < 1.29 is 0 Å². The number of fused-ring (bicyclic) bond motifs is 16. The van der Waals surface area contributed by atoms with Gasteiger partial charge >= 0.3 is 0 Å². The van der Waals surface area contributed by atoms with Crippen molar-refractivity contribution in [3.8, 4) is 72.8 Å². The van der Waals surface area contributed by atoms with Gasteiger partial charge in [-0.05, 0) is 120 Å². The minimum atomic E-state index is -0.516. The second-order valence-electron chi connectivity index (χ2n) is 18.8. The highest BCUT2D eigenvalue weighted by molar-refractivity contribution is 6.15. The van der Waals surface area contributed by atoms with Crippen LogP contribution in [0.3, 0.4) is 0 Å². The Balaban J connectivity index is 1.03. The largest absolute Gasteiger partial charge is 0.309 e. The van der Waals surface area contributed by atoms with Gasteiger partial charge in [0.05, 0.1) is 27.7 Å². The summed E-state index contributed by atoms with van der Waals surface area (Å²) >= 11 is 0. The van der Waals surface area contributed by atoms with Gasteiger partial charge in [-0.25, -0.2) is 9.97 Å². The van der Waals surface area contributed by atoms with Gasteiger partial charge in [0.2, 0.25) is 0 Å². The standard InChI is InChI=1S/C67H41N3/c1-3-17-42(18-4-1)43-31-33-44(34-32-43)47-37-48(66-68-61-29-15-11-26-54(61)65(69-66)46-20-5-2-6-21-46)39-49(38-47)70-62-30-16-12-25-53(62)55-40-56-60(41-63(55)70)67(59-36-35-45-19-7-8-22-50(45)64(56)59)57-27-13-9-23-51(57)52-24-10-14-28-58(52)67/h1-41H. The van der Waals surface area contributed by atoms with Crippen LogP contribution < -0.4 is 0 Å². The van der Waals surface area contributed by atoms with Crippen LogP contribution in [0, 0.1) is 0 Å². The van der Waals surface area contributed by atoms with E-state index < -0.39 is 5.41 Å². The molecule has 2 heterocycles. The molecule has 0 amide bonds. The maximum atomic E-state index is 5.44. The maximum absolute atomic E-state index is 5.44. The highest BCUT2D eigenvalue weighted by Gasteiger charge is 2.52. The van der Waals surface area contributed by atoms with Crippen LogP contribution in [0.4, 0.5) is 0 Å². The van der Waals surface area contributed by atoms with E-state index >= 15 is 0 Å². The summed E-state index contributed by atoms with van der Waals surface area (Å²) in [5.41, 5.74) is 21.8. The lowest BCUT2D eigenvalue weighted by Crippen LogP contribution is -2.25. The second kappa shape index (κ2) is 14.9. The van der Waals surface area contributed by atoms with E-state index in [1.54, 1.807) is 0 Å². The fourth-order valence-corrected chi connectivity index (χ4v) is 12.2. The van der Waals surface area contributed by atoms with Crippen LogP contribution in [0.25, 0.3) is 116 Å². The molecule has 13 aromatic rings. The van der Waals surface area contributed by atoms with E-state index in [0.717, 1.165) is 55.6 Å². The first kappa shape index (κ1) is 38.9. The Hall–Kier alpha value is -9.18. The lowest BCUT2D eigenvalue weighted by molar-refractivity contribution is 0.795. The van der Waals surface area contributed by atoms with Crippen molar-refractivity contribution in [1.29, 1.82) is 0 Å². The molecule has 1 spiro atoms. The zero-order valence-electron chi connectivity index (χ0n) is 38.0. The molecule has 0 fully saturated rings. The summed E-state index contributed by atoms with van der Waals surface area (Å²) in [7, 11) is 0. The zero-order valence-corrected chi connectivity index (χ0v) is 38.0. The number of para-hydroxylation sites is 2. The zero-order chi connectivity index (χ0) is 45.9. The van der Waals surface area contributed by atoms with Crippen LogP contribution in [-0.4, -0.2) is 14.5 Å². The Morgan fingerprint density at radius 2 is 0.900 bits per heavy atom. The first-order valence-electron chi connectivity index (χ1n) is 24.1. The van der Waals surface area contributed by atoms with Crippen LogP contribution in [0.5, 0.6) is 0 Å². The predicted molar refractivity (Wildman–Crippen MR) is 289 cm³/mol. The normalized spacial score (nSPS) is 13.0. The van der Waals surface area contributed by atoms with Crippen LogP contribution in [0.1, 0.15) is 22.3 Å². The average Bonchev–Trinajstić information content (AvgIpc) is 4.05. The van der Waals surface area contributed by atoms with E-state index in [4.69, 9.17) is 9.97 Å². The Morgan fingerprint density at radius 1 is 0.314 bits per heavy atom. The second-order valence-corrected chi connectivity index (χ2v) is 18.8. The molecule has 2 aliphatic rings. The van der Waals surface area contributed by atoms with Crippen molar-refractivity contribution >= 4 is 43.5 Å². The summed E-state index contributed by atoms with van der Waals surface area (Å²) in [5, 5.41) is 5.99. The Kier molecular flexibility index (Phi) is 8.28. The number of aromatic nitrogens is 3. The van der Waals surface area contributed by atoms with Gasteiger partial charge in [0.15, 0.2) is 5.82 Å². The first-order valence-corrected chi connectivity index (χ1v) is 24.1. The number of benzene rings is 11. The molecule has 70 heavy (non-hydrogen) atoms. The Labute approximate surface area is 405 Å². The van der Waals surface area contributed by atoms with Crippen LogP contribution >= 0.6 is 0 Å². The molecule has 324 valence electrons. The van der Waals surface area contributed by atoms with E-state index in [2.05, 4.69) is 253 Å². The SMILES string of the molecule is c1ccc(-c2ccc(-c3cc(-c4nc(-c5ccccc5)c5ccccc5n4)cc(-n4c5ccccc5c5cc6c(cc54)C4(c5ccccc5-c5ccccc54)c4ccc5ccccc5c4-6)c3)cc2)cc1. The molecule has 15 rings (SSSR count). The molecule has 0 radical (unpaired) electrons. The van der Waals surface area contributed by atoms with Gasteiger partial charge in [-0.15, -0.1) is 0 Å². The Morgan fingerprint density at radius 3 is 1.66 bits per heavy atom. The molecule has 0 saturated carbocycles. The molecule has 0 N–H and O–H groups in total. The molecule has 3 nitrogen and oxygen atoms in total. The predicted octanol–water partition coefficient (Wildman–Crippen LogP) is 16.9. The summed E-state index contributed by atoms with van der Waals surface area (Å²) in [6.45, 7) is 0. The van der Waals surface area contributed by atoms with Crippen LogP contribution in [0.2, 0.25) is 0 Å². The van der Waals surface area contributed by atoms with Gasteiger partial charge in [-0.3, -0.25) is 0 Å². The summed E-state index contributed by atoms with van der Waals surface area (Å²) in [4.78, 5) is 10.8. The smallest absolute Gasteiger partial charge is 0.160 e. The molecular weight excluding hydrogens is 847 g/mol. The minimum Gasteiger partial charge on any atom is -0.309 e. The molecule has 11 aromatic carbocycles. The number of hydrogen-bond donors (Lipinski definition) is 0. The third kappa shape index (κ3) is 5.52. The molecule has 2 aliphatic carbocycles. The monoisotopic (exact) mass is 887 g/mol. The molecule has 3 heteroatoms. The third-order valence-corrected chi connectivity index (χ3v) is 15.2. The van der Waals surface area contributed by atoms with Gasteiger partial charge in [0.25, 0.3) is 0 Å². The molecule has 0 saturated heterocycles. The summed E-state index contributed by atoms with van der Waals surface area (Å²) in [6, 6.07) is 91.2. The van der Waals surface area contributed by atoms with E-state index in [0.29, 0.717) is 5.82 Å². The lowest BCUT2D eigenvalue weighted by Gasteiger charge is -2.30. The molecule has 0 bridgehead atoms. The highest BCUT2D eigenvalue weighted by Crippen LogP contribution is 2.64. The minimum absolute atomic E-state index is 0.516. The summed E-state index contributed by atoms with van der Waals surface area (Å²) in [6.07, 6.45) is 0. The Bertz CT molecular complexity index is 4230. The highest BCUT2D eigenvalue weighted by atomic mass is 15.0. The quantitative estimate of drug-likeness (QED) is 0.172. The van der Waals surface area contributed by atoms with Gasteiger partial charge in [0, 0.05) is 33.0 Å². The molecule has 0 atom stereocenters. The van der Waals surface area contributed by atoms with E-state index in [-0.39, 0.29) is 0 Å². The van der Waals surface area contributed by atoms with E-state index in [1.807, 2.05) is 0 Å². The van der Waals surface area contributed by atoms with Gasteiger partial charge in [-0.1, -0.05) is 206 Å². The number of rotatable bonds is 5. The fraction of sp³-hybridized carbons (Fsp3) is 0.0149. The van der Waals surface area contributed by atoms with Crippen molar-refractivity contribution in [3.63, 3.8) is 0 Å². The number of nitrogens with zero attached hydrogens (tertiary/aromatic N) is 3. The molecular formula is C67H41N3. The maximum Gasteiger partial charge on any atom is 0.160 e. The van der Waals surface area contributed by atoms with E-state index in [1.165, 1.54) is 77.2 Å². The average molecular weight is 888 g/mol. The lowest BCUT2D eigenvalue weighted by atomic mass is 9.70. The van der Waals surface area contributed by atoms with Gasteiger partial charge < -0.3 is 4.57 Å². The summed E-state index contributed by atoms with van der Waals surface area (Å²) < 4.78 is 2.50. The third-order valence-electron chi connectivity index (χ3n) is 15.2. The van der Waals surface area contributed by atoms with Gasteiger partial charge in [-0.2, -0.15) is 0 Å². The van der Waals surface area contributed by atoms with Crippen molar-refractivity contribution in [2.75, 3.05) is 0 Å². The van der Waals surface area contributed by atoms with Crippen molar-refractivity contribution in [2.24, 2.45) is 0 Å². The van der Waals surface area contributed by atoms with Crippen molar-refractivity contribution in [2.45, 2.75) is 5.41 Å². The van der Waals surface area contributed by atoms with Crippen molar-refractivity contribution in [1.82, 2.24) is 14.5 Å². The van der Waals surface area contributed by atoms with E-state index in [9.17, 15) is 0 Å². The summed E-state index contributed by atoms with van der Waals surface area (Å²) in [5.74, 6) is 0.684. The van der Waals surface area contributed by atoms with Gasteiger partial charge in [0.1, 0.15) is 0 Å². The topological polar surface area (TPSA) is 30.7 Å². The van der Waals surface area contributed by atoms with Crippen LogP contribution in [0.15, 0.2) is 249 Å². The molecule has 2 aromatic heterocycles. The fourth-order valence-electron chi connectivity index (χ4n) is 12.2. The molecule has 0 aliphatic heterocycles. The van der Waals surface area contributed by atoms with Crippen LogP contribution in [-0.2, 0) is 5.41 Å². The van der Waals surface area contributed by atoms with Crippen molar-refractivity contribution in [3.05, 3.63) is 271 Å². The number of hydrogen-bond acceptors (Lipinski definition) is 2. The first-order chi connectivity index (χ1) is 34.7.